The van der Waals surface area contributed by atoms with Crippen molar-refractivity contribution in [2.45, 2.75) is 6.92 Å². The summed E-state index contributed by atoms with van der Waals surface area (Å²) >= 11 is 7.40. The second-order valence-corrected chi connectivity index (χ2v) is 4.94. The molecule has 0 saturated heterocycles. The molecule has 0 spiro atoms. The first kappa shape index (κ1) is 13.3. The highest BCUT2D eigenvalue weighted by Crippen LogP contribution is 2.16. The molecule has 1 rings (SSSR count). The van der Waals surface area contributed by atoms with Crippen LogP contribution in [0.1, 0.15) is 6.92 Å². The van der Waals surface area contributed by atoms with Gasteiger partial charge in [0.15, 0.2) is 0 Å². The highest BCUT2D eigenvalue weighted by molar-refractivity contribution is 7.98. The molecule has 1 aromatic rings. The van der Waals surface area contributed by atoms with Crippen molar-refractivity contribution in [3.63, 3.8) is 0 Å². The number of carbonyl (C=O) groups is 1. The number of amides is 1. The standard InChI is InChI=1S/C11H15ClN2OS/c1-8(7-16-3)11(15)14(2)10-5-4-9(12)6-13-10/h4-6,8H,7H2,1-3H3. The number of thioether (sulfide) groups is 1. The molecule has 0 saturated carbocycles. The summed E-state index contributed by atoms with van der Waals surface area (Å²) in [6.07, 6.45) is 3.53. The van der Waals surface area contributed by atoms with Crippen LogP contribution in [0.2, 0.25) is 5.02 Å². The lowest BCUT2D eigenvalue weighted by atomic mass is 10.2. The number of nitrogens with zero attached hydrogens (tertiary/aromatic N) is 2. The SMILES string of the molecule is CSCC(C)C(=O)N(C)c1ccc(Cl)cn1. The number of rotatable bonds is 4. The topological polar surface area (TPSA) is 33.2 Å². The third-order valence-corrected chi connectivity index (χ3v) is 3.28. The first-order chi connectivity index (χ1) is 7.56. The van der Waals surface area contributed by atoms with Crippen LogP contribution in [0.15, 0.2) is 18.3 Å². The van der Waals surface area contributed by atoms with Gasteiger partial charge in [-0.25, -0.2) is 4.98 Å². The first-order valence-corrected chi connectivity index (χ1v) is 6.71. The largest absolute Gasteiger partial charge is 0.300 e. The fourth-order valence-corrected chi connectivity index (χ4v) is 2.09. The summed E-state index contributed by atoms with van der Waals surface area (Å²) in [6, 6.07) is 3.47. The van der Waals surface area contributed by atoms with E-state index in [1.165, 1.54) is 0 Å². The summed E-state index contributed by atoms with van der Waals surface area (Å²) in [4.78, 5) is 17.6. The smallest absolute Gasteiger partial charge is 0.231 e. The third kappa shape index (κ3) is 3.39. The summed E-state index contributed by atoms with van der Waals surface area (Å²) in [5, 5.41) is 0.571. The monoisotopic (exact) mass is 258 g/mol. The van der Waals surface area contributed by atoms with Crippen molar-refractivity contribution in [1.82, 2.24) is 4.98 Å². The first-order valence-electron chi connectivity index (χ1n) is 4.94. The highest BCUT2D eigenvalue weighted by atomic mass is 35.5. The van der Waals surface area contributed by atoms with Gasteiger partial charge in [-0.15, -0.1) is 0 Å². The van der Waals surface area contributed by atoms with E-state index in [9.17, 15) is 4.79 Å². The van der Waals surface area contributed by atoms with Gasteiger partial charge < -0.3 is 0 Å². The van der Waals surface area contributed by atoms with Crippen molar-refractivity contribution >= 4 is 35.1 Å². The Hall–Kier alpha value is -0.740. The number of hydrogen-bond donors (Lipinski definition) is 0. The molecule has 0 aliphatic heterocycles. The molecule has 0 aliphatic rings. The molecule has 0 N–H and O–H groups in total. The Kier molecular flexibility index (Phi) is 5.09. The van der Waals surface area contributed by atoms with Gasteiger partial charge in [0.25, 0.3) is 0 Å². The Labute approximate surface area is 105 Å². The molecule has 0 bridgehead atoms. The van der Waals surface area contributed by atoms with Crippen molar-refractivity contribution in [2.24, 2.45) is 5.92 Å². The fourth-order valence-electron chi connectivity index (χ4n) is 1.33. The summed E-state index contributed by atoms with van der Waals surface area (Å²) in [6.45, 7) is 1.92. The number of pyridine rings is 1. The number of anilines is 1. The average Bonchev–Trinajstić information content (AvgIpc) is 2.28. The van der Waals surface area contributed by atoms with E-state index < -0.39 is 0 Å². The molecule has 1 heterocycles. The van der Waals surface area contributed by atoms with Crippen molar-refractivity contribution in [3.05, 3.63) is 23.4 Å². The molecule has 3 nitrogen and oxygen atoms in total. The molecule has 0 radical (unpaired) electrons. The summed E-state index contributed by atoms with van der Waals surface area (Å²) in [5.41, 5.74) is 0. The second-order valence-electron chi connectivity index (χ2n) is 3.59. The molecular weight excluding hydrogens is 244 g/mol. The van der Waals surface area contributed by atoms with Gasteiger partial charge in [0.05, 0.1) is 5.02 Å². The number of halogens is 1. The molecular formula is C11H15ClN2OS. The molecule has 1 aromatic heterocycles. The van der Waals surface area contributed by atoms with Gasteiger partial charge in [0.2, 0.25) is 5.91 Å². The van der Waals surface area contributed by atoms with E-state index in [1.54, 1.807) is 42.0 Å². The summed E-state index contributed by atoms with van der Waals surface area (Å²) in [7, 11) is 1.73. The van der Waals surface area contributed by atoms with E-state index in [0.29, 0.717) is 10.8 Å². The minimum absolute atomic E-state index is 0.00234. The van der Waals surface area contributed by atoms with Crippen LogP contribution in [0.25, 0.3) is 0 Å². The van der Waals surface area contributed by atoms with Crippen LogP contribution in [0.5, 0.6) is 0 Å². The van der Waals surface area contributed by atoms with Crippen LogP contribution in [0, 0.1) is 5.92 Å². The summed E-state index contributed by atoms with van der Waals surface area (Å²) in [5.74, 6) is 1.51. The van der Waals surface area contributed by atoms with Gasteiger partial charge in [-0.05, 0) is 18.4 Å². The lowest BCUT2D eigenvalue weighted by Crippen LogP contribution is -2.33. The molecule has 1 amide bonds. The molecule has 1 atom stereocenters. The van der Waals surface area contributed by atoms with Gasteiger partial charge in [-0.3, -0.25) is 9.69 Å². The number of carbonyl (C=O) groups excluding carboxylic acids is 1. The third-order valence-electron chi connectivity index (χ3n) is 2.22. The van der Waals surface area contributed by atoms with Crippen LogP contribution < -0.4 is 4.90 Å². The Morgan fingerprint density at radius 2 is 2.31 bits per heavy atom. The van der Waals surface area contributed by atoms with E-state index in [1.807, 2.05) is 13.2 Å². The Bertz CT molecular complexity index is 356. The van der Waals surface area contributed by atoms with Crippen LogP contribution >= 0.6 is 23.4 Å². The Morgan fingerprint density at radius 1 is 1.62 bits per heavy atom. The van der Waals surface area contributed by atoms with Crippen LogP contribution in [0.4, 0.5) is 5.82 Å². The molecule has 0 fully saturated rings. The minimum Gasteiger partial charge on any atom is -0.300 e. The number of aromatic nitrogens is 1. The summed E-state index contributed by atoms with van der Waals surface area (Å²) < 4.78 is 0. The normalized spacial score (nSPS) is 12.2. The van der Waals surface area contributed by atoms with Gasteiger partial charge >= 0.3 is 0 Å². The number of hydrogen-bond acceptors (Lipinski definition) is 3. The molecule has 5 heteroatoms. The lowest BCUT2D eigenvalue weighted by Gasteiger charge is -2.19. The molecule has 1 unspecified atom stereocenters. The predicted molar refractivity (Wildman–Crippen MR) is 70.2 cm³/mol. The average molecular weight is 259 g/mol. The van der Waals surface area contributed by atoms with Gasteiger partial charge in [-0.1, -0.05) is 18.5 Å². The fraction of sp³-hybridized carbons (Fsp3) is 0.455. The molecule has 0 aliphatic carbocycles. The van der Waals surface area contributed by atoms with Crippen molar-refractivity contribution in [2.75, 3.05) is 24.0 Å². The van der Waals surface area contributed by atoms with Crippen molar-refractivity contribution in [1.29, 1.82) is 0 Å². The maximum Gasteiger partial charge on any atom is 0.231 e. The van der Waals surface area contributed by atoms with Gasteiger partial charge in [-0.2, -0.15) is 11.8 Å². The van der Waals surface area contributed by atoms with Crippen LogP contribution in [-0.2, 0) is 4.79 Å². The van der Waals surface area contributed by atoms with Gasteiger partial charge in [0.1, 0.15) is 5.82 Å². The van der Waals surface area contributed by atoms with E-state index >= 15 is 0 Å². The zero-order chi connectivity index (χ0) is 12.1. The highest BCUT2D eigenvalue weighted by Gasteiger charge is 2.18. The van der Waals surface area contributed by atoms with Crippen LogP contribution in [-0.4, -0.2) is 29.9 Å². The van der Waals surface area contributed by atoms with Crippen molar-refractivity contribution in [3.8, 4) is 0 Å². The zero-order valence-electron chi connectivity index (χ0n) is 9.61. The van der Waals surface area contributed by atoms with E-state index in [4.69, 9.17) is 11.6 Å². The van der Waals surface area contributed by atoms with E-state index in [2.05, 4.69) is 4.98 Å². The van der Waals surface area contributed by atoms with E-state index in [-0.39, 0.29) is 11.8 Å². The zero-order valence-corrected chi connectivity index (χ0v) is 11.2. The second kappa shape index (κ2) is 6.11. The maximum absolute atomic E-state index is 12.0. The lowest BCUT2D eigenvalue weighted by molar-refractivity contribution is -0.121. The van der Waals surface area contributed by atoms with Crippen LogP contribution in [0.3, 0.4) is 0 Å². The van der Waals surface area contributed by atoms with E-state index in [0.717, 1.165) is 5.75 Å². The van der Waals surface area contributed by atoms with Crippen molar-refractivity contribution < 1.29 is 4.79 Å². The maximum atomic E-state index is 12.0. The molecule has 16 heavy (non-hydrogen) atoms. The molecule has 88 valence electrons. The quantitative estimate of drug-likeness (QED) is 0.833. The minimum atomic E-state index is -0.00234. The van der Waals surface area contributed by atoms with Gasteiger partial charge in [0, 0.05) is 24.9 Å². The Balaban J connectivity index is 2.73. The Morgan fingerprint density at radius 3 is 2.81 bits per heavy atom. The predicted octanol–water partition coefficient (Wildman–Crippen LogP) is 2.70. The molecule has 0 aromatic carbocycles.